The van der Waals surface area contributed by atoms with Crippen LogP contribution in [-0.4, -0.2) is 16.0 Å². The largest absolute Gasteiger partial charge is 0.488 e. The van der Waals surface area contributed by atoms with Gasteiger partial charge in [-0.05, 0) is 92.2 Å². The van der Waals surface area contributed by atoms with Crippen molar-refractivity contribution in [2.75, 3.05) is 0 Å². The fraction of sp³-hybridized carbons (Fsp3) is 0.0714. The van der Waals surface area contributed by atoms with Crippen LogP contribution in [0.1, 0.15) is 16.7 Å². The first-order chi connectivity index (χ1) is 17.0. The van der Waals surface area contributed by atoms with Crippen molar-refractivity contribution >= 4 is 78.3 Å². The molecule has 5 rings (SSSR count). The molecule has 0 saturated carbocycles. The Balaban J connectivity index is 1.29. The van der Waals surface area contributed by atoms with Gasteiger partial charge in [-0.3, -0.25) is 14.5 Å². The number of carbonyl (C=O) groups is 2. The maximum atomic E-state index is 12.9. The Morgan fingerprint density at radius 3 is 2.51 bits per heavy atom. The lowest BCUT2D eigenvalue weighted by Gasteiger charge is -2.12. The van der Waals surface area contributed by atoms with E-state index in [1.807, 2.05) is 60.7 Å². The Morgan fingerprint density at radius 2 is 1.71 bits per heavy atom. The molecule has 1 heterocycles. The zero-order valence-corrected chi connectivity index (χ0v) is 23.0. The normalized spacial score (nSPS) is 14.8. The molecule has 2 amide bonds. The minimum absolute atomic E-state index is 0.256. The lowest BCUT2D eigenvalue weighted by molar-refractivity contribution is -0.123. The fourth-order valence-corrected chi connectivity index (χ4v) is 5.66. The van der Waals surface area contributed by atoms with Crippen LogP contribution >= 0.6 is 50.3 Å². The molecule has 0 unspecified atom stereocenters. The number of thioether (sulfide) groups is 1. The van der Waals surface area contributed by atoms with Crippen LogP contribution in [0.2, 0.25) is 0 Å². The second-order valence-corrected chi connectivity index (χ2v) is 11.1. The van der Waals surface area contributed by atoms with Crippen LogP contribution in [-0.2, 0) is 17.9 Å². The lowest BCUT2D eigenvalue weighted by Crippen LogP contribution is -2.27. The number of imide groups is 1. The highest BCUT2D eigenvalue weighted by molar-refractivity contribution is 14.1. The first-order valence-electron chi connectivity index (χ1n) is 10.9. The van der Waals surface area contributed by atoms with Gasteiger partial charge in [-0.15, -0.1) is 0 Å². The van der Waals surface area contributed by atoms with Crippen LogP contribution < -0.4 is 4.74 Å². The van der Waals surface area contributed by atoms with Gasteiger partial charge in [-0.25, -0.2) is 0 Å². The summed E-state index contributed by atoms with van der Waals surface area (Å²) in [5.74, 6) is 0.508. The summed E-state index contributed by atoms with van der Waals surface area (Å²) in [6.07, 6.45) is 1.77. The average molecular weight is 656 g/mol. The summed E-state index contributed by atoms with van der Waals surface area (Å²) < 4.78 is 8.01. The Kier molecular flexibility index (Phi) is 7.27. The first-order valence-corrected chi connectivity index (χ1v) is 13.6. The maximum absolute atomic E-state index is 12.9. The third kappa shape index (κ3) is 5.47. The van der Waals surface area contributed by atoms with Crippen LogP contribution in [0.5, 0.6) is 5.75 Å². The molecule has 0 spiro atoms. The van der Waals surface area contributed by atoms with E-state index in [2.05, 4.69) is 62.8 Å². The van der Waals surface area contributed by atoms with E-state index in [4.69, 9.17) is 4.74 Å². The van der Waals surface area contributed by atoms with Crippen molar-refractivity contribution < 1.29 is 14.3 Å². The van der Waals surface area contributed by atoms with E-state index in [0.29, 0.717) is 11.5 Å². The van der Waals surface area contributed by atoms with Gasteiger partial charge in [0.15, 0.2) is 0 Å². The van der Waals surface area contributed by atoms with Crippen LogP contribution in [0.25, 0.3) is 16.8 Å². The van der Waals surface area contributed by atoms with Crippen LogP contribution in [0.15, 0.2) is 94.3 Å². The van der Waals surface area contributed by atoms with Gasteiger partial charge in [0.25, 0.3) is 11.1 Å². The molecule has 1 aliphatic rings. The molecule has 0 N–H and O–H groups in total. The van der Waals surface area contributed by atoms with Gasteiger partial charge in [0.05, 0.1) is 15.0 Å². The summed E-state index contributed by atoms with van der Waals surface area (Å²) >= 11 is 6.61. The monoisotopic (exact) mass is 655 g/mol. The molecule has 0 atom stereocenters. The number of amides is 2. The van der Waals surface area contributed by atoms with Crippen LogP contribution in [0.3, 0.4) is 0 Å². The Labute approximate surface area is 229 Å². The molecule has 0 aliphatic carbocycles. The SMILES string of the molecule is O=C1S/C(=C\c2ccc(OCc3cccc4ccccc34)c(I)c2)C(=O)N1Cc1ccc(Br)cc1. The quantitative estimate of drug-likeness (QED) is 0.156. The number of halogens is 2. The topological polar surface area (TPSA) is 46.6 Å². The molecule has 4 aromatic rings. The lowest BCUT2D eigenvalue weighted by atomic mass is 10.1. The van der Waals surface area contributed by atoms with Crippen molar-refractivity contribution in [3.63, 3.8) is 0 Å². The summed E-state index contributed by atoms with van der Waals surface area (Å²) in [5, 5.41) is 2.11. The van der Waals surface area contributed by atoms with Gasteiger partial charge in [-0.2, -0.15) is 0 Å². The van der Waals surface area contributed by atoms with E-state index < -0.39 is 0 Å². The third-order valence-electron chi connectivity index (χ3n) is 5.64. The predicted octanol–water partition coefficient (Wildman–Crippen LogP) is 8.02. The number of carbonyl (C=O) groups excluding carboxylic acids is 2. The molecule has 4 aromatic carbocycles. The van der Waals surface area contributed by atoms with Crippen molar-refractivity contribution in [1.29, 1.82) is 0 Å². The smallest absolute Gasteiger partial charge is 0.293 e. The van der Waals surface area contributed by atoms with E-state index in [1.165, 1.54) is 15.7 Å². The summed E-state index contributed by atoms with van der Waals surface area (Å²) in [6.45, 7) is 0.722. The van der Waals surface area contributed by atoms with E-state index in [9.17, 15) is 9.59 Å². The van der Waals surface area contributed by atoms with E-state index in [1.54, 1.807) is 6.08 Å². The van der Waals surface area contributed by atoms with Gasteiger partial charge in [0, 0.05) is 4.47 Å². The van der Waals surface area contributed by atoms with Gasteiger partial charge in [0.2, 0.25) is 0 Å². The molecule has 1 aliphatic heterocycles. The van der Waals surface area contributed by atoms with E-state index >= 15 is 0 Å². The number of hydrogen-bond acceptors (Lipinski definition) is 4. The molecule has 0 radical (unpaired) electrons. The minimum Gasteiger partial charge on any atom is -0.488 e. The molecule has 7 heteroatoms. The Hall–Kier alpha value is -2.62. The van der Waals surface area contributed by atoms with Crippen LogP contribution in [0, 0.1) is 3.57 Å². The number of ether oxygens (including phenoxy) is 1. The van der Waals surface area contributed by atoms with Gasteiger partial charge in [-0.1, -0.05) is 76.6 Å². The van der Waals surface area contributed by atoms with E-state index in [0.717, 1.165) is 42.2 Å². The number of nitrogens with zero attached hydrogens (tertiary/aromatic N) is 1. The molecular weight excluding hydrogens is 637 g/mol. The van der Waals surface area contributed by atoms with Crippen molar-refractivity contribution in [2.45, 2.75) is 13.2 Å². The molecule has 174 valence electrons. The molecular formula is C28H19BrINO3S. The third-order valence-corrected chi connectivity index (χ3v) is 7.92. The Morgan fingerprint density at radius 1 is 0.943 bits per heavy atom. The highest BCUT2D eigenvalue weighted by Crippen LogP contribution is 2.34. The molecule has 35 heavy (non-hydrogen) atoms. The predicted molar refractivity (Wildman–Crippen MR) is 153 cm³/mol. The molecule has 1 fully saturated rings. The van der Waals surface area contributed by atoms with Crippen molar-refractivity contribution in [3.8, 4) is 5.75 Å². The summed E-state index contributed by atoms with van der Waals surface area (Å²) in [6, 6.07) is 27.8. The number of benzene rings is 4. The second kappa shape index (κ2) is 10.6. The van der Waals surface area contributed by atoms with Gasteiger partial charge < -0.3 is 4.74 Å². The molecule has 1 saturated heterocycles. The Bertz CT molecular complexity index is 1460. The fourth-order valence-electron chi connectivity index (χ4n) is 3.86. The van der Waals surface area contributed by atoms with E-state index in [-0.39, 0.29) is 17.7 Å². The maximum Gasteiger partial charge on any atom is 0.293 e. The van der Waals surface area contributed by atoms with Crippen LogP contribution in [0.4, 0.5) is 4.79 Å². The van der Waals surface area contributed by atoms with Gasteiger partial charge in [0.1, 0.15) is 12.4 Å². The standard InChI is InChI=1S/C28H19BrINO3S/c29-22-11-8-18(9-12-22)16-31-27(32)26(35-28(31)33)15-19-10-13-25(24(30)14-19)34-17-21-6-3-5-20-4-1-2-7-23(20)21/h1-15H,16-17H2/b26-15-. The van der Waals surface area contributed by atoms with Gasteiger partial charge >= 0.3 is 0 Å². The molecule has 0 bridgehead atoms. The average Bonchev–Trinajstić information content (AvgIpc) is 3.12. The molecule has 4 nitrogen and oxygen atoms in total. The highest BCUT2D eigenvalue weighted by Gasteiger charge is 2.35. The zero-order valence-electron chi connectivity index (χ0n) is 18.4. The van der Waals surface area contributed by atoms with Crippen molar-refractivity contribution in [2.24, 2.45) is 0 Å². The first kappa shape index (κ1) is 24.1. The number of fused-ring (bicyclic) bond motifs is 1. The zero-order chi connectivity index (χ0) is 24.4. The molecule has 0 aromatic heterocycles. The number of hydrogen-bond donors (Lipinski definition) is 0. The van der Waals surface area contributed by atoms with Crippen molar-refractivity contribution in [3.05, 3.63) is 115 Å². The summed E-state index contributed by atoms with van der Waals surface area (Å²) in [4.78, 5) is 27.1. The number of rotatable bonds is 6. The summed E-state index contributed by atoms with van der Waals surface area (Å²) in [7, 11) is 0. The highest BCUT2D eigenvalue weighted by atomic mass is 127. The second-order valence-electron chi connectivity index (χ2n) is 8.01. The summed E-state index contributed by atoms with van der Waals surface area (Å²) in [5.41, 5.74) is 2.88. The van der Waals surface area contributed by atoms with Crippen molar-refractivity contribution in [1.82, 2.24) is 4.90 Å². The minimum atomic E-state index is -0.269.